The van der Waals surface area contributed by atoms with E-state index in [1.54, 1.807) is 0 Å². The van der Waals surface area contributed by atoms with Gasteiger partial charge in [0.15, 0.2) is 0 Å². The van der Waals surface area contributed by atoms with Crippen LogP contribution in [0.4, 0.5) is 0 Å². The van der Waals surface area contributed by atoms with E-state index in [1.165, 1.54) is 0 Å². The number of hydrogen-bond donors (Lipinski definition) is 0. The van der Waals surface area contributed by atoms with Crippen LogP contribution in [0.3, 0.4) is 0 Å². The number of halogens is 3. The molecule has 0 saturated heterocycles. The summed E-state index contributed by atoms with van der Waals surface area (Å²) in [5.74, 6) is 0. The summed E-state index contributed by atoms with van der Waals surface area (Å²) >= 11 is -12.0. The monoisotopic (exact) mass is 612 g/mol. The van der Waals surface area contributed by atoms with E-state index >= 15 is 0 Å². The number of rotatable bonds is 0. The number of hydrogen-bond acceptors (Lipinski definition) is 9. The molecule has 14 heteroatoms. The third-order valence-electron chi connectivity index (χ3n) is 0. The zero-order valence-corrected chi connectivity index (χ0v) is 18.0. The van der Waals surface area contributed by atoms with E-state index in [4.69, 9.17) is 30.9 Å². The van der Waals surface area contributed by atoms with E-state index in [0.717, 1.165) is 0 Å². The molecule has 0 fully saturated rings. The van der Waals surface area contributed by atoms with Gasteiger partial charge in [-0.25, -0.2) is 0 Å². The molecule has 0 unspecified atom stereocenters. The first-order valence-electron chi connectivity index (χ1n) is 1.39. The smallest absolute Gasteiger partial charge is 0.427 e. The third-order valence-corrected chi connectivity index (χ3v) is 0. The van der Waals surface area contributed by atoms with Crippen LogP contribution in [-0.4, -0.2) is 0 Å². The minimum atomic E-state index is -4.01. The predicted molar refractivity (Wildman–Crippen MR) is 0 cm³/mol. The van der Waals surface area contributed by atoms with Gasteiger partial charge in [-0.2, -0.15) is 0 Å². The molecule has 0 N–H and O–H groups in total. The molecule has 0 aromatic rings. The van der Waals surface area contributed by atoms with Crippen molar-refractivity contribution < 1.29 is 143 Å². The van der Waals surface area contributed by atoms with E-state index in [2.05, 4.69) is 0 Å². The van der Waals surface area contributed by atoms with Gasteiger partial charge in [0, 0.05) is 0 Å². The minimum absolute atomic E-state index is 0. The van der Waals surface area contributed by atoms with Gasteiger partial charge in [-0.15, -0.1) is 0 Å². The molecule has 14 heavy (non-hydrogen) atoms. The van der Waals surface area contributed by atoms with Gasteiger partial charge in [0.2, 0.25) is 0 Å². The Morgan fingerprint density at radius 2 is 0.429 bits per heavy atom. The summed E-state index contributed by atoms with van der Waals surface area (Å²) < 4.78 is 77.2. The van der Waals surface area contributed by atoms with Crippen molar-refractivity contribution >= 4 is 0 Å². The molecule has 0 saturated carbocycles. The first-order chi connectivity index (χ1) is 5.20. The van der Waals surface area contributed by atoms with E-state index in [9.17, 15) is 0 Å². The average molecular weight is 613 g/mol. The van der Waals surface area contributed by atoms with Crippen LogP contribution in [-0.2, 0) is 19.5 Å². The molecular formula is I3NaO9Zn. The summed E-state index contributed by atoms with van der Waals surface area (Å²) in [6.07, 6.45) is 0. The predicted octanol–water partition coefficient (Wildman–Crippen LogP) is -22.7. The van der Waals surface area contributed by atoms with Crippen molar-refractivity contribution in [3.05, 3.63) is 0 Å². The molecule has 0 rings (SSSR count). The topological polar surface area (TPSA) is 208 Å². The van der Waals surface area contributed by atoms with Crippen LogP contribution >= 0.6 is 0 Å². The standard InChI is InChI=1S/3IO3.Na.Zn/c3*2-1(3)4;;/q3*-1;+1;+2. The molecule has 0 aliphatic carbocycles. The van der Waals surface area contributed by atoms with Gasteiger partial charge in [0.25, 0.3) is 63.2 Å². The van der Waals surface area contributed by atoms with Crippen molar-refractivity contribution in [1.29, 1.82) is 0 Å². The first-order valence-corrected chi connectivity index (χ1v) is 9.32. The second-order valence-electron chi connectivity index (χ2n) is 0.567. The van der Waals surface area contributed by atoms with Crippen LogP contribution in [0.1, 0.15) is 0 Å². The molecule has 0 spiro atoms. The summed E-state index contributed by atoms with van der Waals surface area (Å²) in [6.45, 7) is 0. The van der Waals surface area contributed by atoms with Crippen LogP contribution < -0.4 is 124 Å². The molecule has 0 heterocycles. The van der Waals surface area contributed by atoms with Crippen LogP contribution in [0.5, 0.6) is 0 Å². The molecule has 0 atom stereocenters. The molecule has 78 valence electrons. The first kappa shape index (κ1) is 30.5. The average Bonchev–Trinajstić information content (AvgIpc) is 1.54. The van der Waals surface area contributed by atoms with E-state index < -0.39 is 63.2 Å². The molecule has 0 aliphatic rings. The van der Waals surface area contributed by atoms with Crippen LogP contribution in [0.15, 0.2) is 0 Å². The fourth-order valence-corrected chi connectivity index (χ4v) is 0. The SMILES string of the molecule is [Na+].[O-][I+2]([O-])[O-].[O-][I+2]([O-])[O-].[O-][I+2]([O-])[O-].[Zn+2]. The quantitative estimate of drug-likeness (QED) is 0.188. The fraction of sp³-hybridized carbons (Fsp3) is 0. The molecule has 0 aromatic heterocycles. The van der Waals surface area contributed by atoms with Crippen molar-refractivity contribution in [2.75, 3.05) is 0 Å². The van der Waals surface area contributed by atoms with E-state index in [1.807, 2.05) is 0 Å². The Hall–Kier alpha value is 3.45. The van der Waals surface area contributed by atoms with Crippen molar-refractivity contribution in [2.24, 2.45) is 0 Å². The maximum Gasteiger partial charge on any atom is 2.00 e. The molecule has 0 amide bonds. The minimum Gasteiger partial charge on any atom is -0.427 e. The molecule has 0 bridgehead atoms. The Morgan fingerprint density at radius 1 is 0.429 bits per heavy atom. The molecule has 0 aliphatic heterocycles. The van der Waals surface area contributed by atoms with Gasteiger partial charge in [-0.1, -0.05) is 0 Å². The molecular weight excluding hydrogens is 613 g/mol. The van der Waals surface area contributed by atoms with E-state index in [-0.39, 0.29) is 49.0 Å². The normalized spacial score (nSPS) is 7.71. The second-order valence-corrected chi connectivity index (χ2v) is 3.80. The van der Waals surface area contributed by atoms with Crippen molar-refractivity contribution in [3.8, 4) is 0 Å². The summed E-state index contributed by atoms with van der Waals surface area (Å²) in [7, 11) is 0. The Bertz CT molecular complexity index is 48.5. The molecule has 9 nitrogen and oxygen atoms in total. The summed E-state index contributed by atoms with van der Waals surface area (Å²) in [4.78, 5) is 0. The molecule has 0 aromatic carbocycles. The Morgan fingerprint density at radius 3 is 0.429 bits per heavy atom. The van der Waals surface area contributed by atoms with Crippen molar-refractivity contribution in [1.82, 2.24) is 0 Å². The largest absolute Gasteiger partial charge is 2.00 e. The Labute approximate surface area is 140 Å². The maximum atomic E-state index is 8.57. The molecule has 0 radical (unpaired) electrons. The maximum absolute atomic E-state index is 8.57. The second kappa shape index (κ2) is 25.3. The van der Waals surface area contributed by atoms with Crippen LogP contribution in [0.25, 0.3) is 0 Å². The summed E-state index contributed by atoms with van der Waals surface area (Å²) in [5.41, 5.74) is 0. The van der Waals surface area contributed by atoms with Gasteiger partial charge < -0.3 is 30.9 Å². The Balaban J connectivity index is -0.0000000270. The van der Waals surface area contributed by atoms with E-state index in [0.29, 0.717) is 0 Å². The van der Waals surface area contributed by atoms with Crippen molar-refractivity contribution in [3.63, 3.8) is 0 Å². The summed E-state index contributed by atoms with van der Waals surface area (Å²) in [6, 6.07) is 0. The summed E-state index contributed by atoms with van der Waals surface area (Å²) in [5, 5.41) is 0. The van der Waals surface area contributed by atoms with Crippen LogP contribution in [0.2, 0.25) is 0 Å². The Kier molecular flexibility index (Phi) is 55.1. The fourth-order valence-electron chi connectivity index (χ4n) is 0. The van der Waals surface area contributed by atoms with Gasteiger partial charge >= 0.3 is 49.0 Å². The van der Waals surface area contributed by atoms with Gasteiger partial charge in [0.1, 0.15) is 0 Å². The van der Waals surface area contributed by atoms with Crippen molar-refractivity contribution in [2.45, 2.75) is 0 Å². The van der Waals surface area contributed by atoms with Crippen LogP contribution in [0, 0.1) is 0 Å². The van der Waals surface area contributed by atoms with Gasteiger partial charge in [-0.05, 0) is 0 Å². The third kappa shape index (κ3) is 271. The van der Waals surface area contributed by atoms with Gasteiger partial charge in [0.05, 0.1) is 0 Å². The zero-order chi connectivity index (χ0) is 10.7. The van der Waals surface area contributed by atoms with Gasteiger partial charge in [-0.3, -0.25) is 0 Å². The zero-order valence-electron chi connectivity index (χ0n) is 6.52.